The molecule has 94 valence electrons. The molecule has 0 aliphatic rings. The third kappa shape index (κ3) is 3.05. The van der Waals surface area contributed by atoms with Gasteiger partial charge in [-0.2, -0.15) is 0 Å². The second kappa shape index (κ2) is 5.93. The standard InChI is InChI=1S/C12H12ClN3OS/c1-2-8(10-4-3-5-18-10)16-12(17)9-6-14-7-11(13)15-9/h3-8H,2H2,1H3,(H,16,17). The van der Waals surface area contributed by atoms with Crippen LogP contribution in [0.5, 0.6) is 0 Å². The molecule has 1 N–H and O–H groups in total. The van der Waals surface area contributed by atoms with Gasteiger partial charge in [-0.15, -0.1) is 11.3 Å². The van der Waals surface area contributed by atoms with E-state index in [0.29, 0.717) is 0 Å². The van der Waals surface area contributed by atoms with Crippen molar-refractivity contribution in [3.8, 4) is 0 Å². The second-order valence-electron chi connectivity index (χ2n) is 3.68. The van der Waals surface area contributed by atoms with Crippen LogP contribution in [-0.4, -0.2) is 15.9 Å². The van der Waals surface area contributed by atoms with Gasteiger partial charge in [0.1, 0.15) is 10.8 Å². The maximum absolute atomic E-state index is 12.0. The quantitative estimate of drug-likeness (QED) is 0.937. The molecular weight excluding hydrogens is 270 g/mol. The first-order valence-electron chi connectivity index (χ1n) is 5.52. The molecule has 1 unspecified atom stereocenters. The van der Waals surface area contributed by atoms with E-state index in [1.165, 1.54) is 12.4 Å². The molecule has 2 rings (SSSR count). The van der Waals surface area contributed by atoms with Crippen molar-refractivity contribution in [2.24, 2.45) is 0 Å². The van der Waals surface area contributed by atoms with Gasteiger partial charge in [0.25, 0.3) is 5.91 Å². The fourth-order valence-corrected chi connectivity index (χ4v) is 2.56. The highest BCUT2D eigenvalue weighted by Gasteiger charge is 2.16. The van der Waals surface area contributed by atoms with E-state index in [-0.39, 0.29) is 22.8 Å². The summed E-state index contributed by atoms with van der Waals surface area (Å²) in [6.45, 7) is 2.02. The van der Waals surface area contributed by atoms with Crippen LogP contribution in [0.1, 0.15) is 34.8 Å². The molecule has 0 aromatic carbocycles. The number of carbonyl (C=O) groups is 1. The van der Waals surface area contributed by atoms with Gasteiger partial charge in [0.2, 0.25) is 0 Å². The third-order valence-electron chi connectivity index (χ3n) is 2.44. The van der Waals surface area contributed by atoms with Crippen LogP contribution < -0.4 is 5.32 Å². The van der Waals surface area contributed by atoms with E-state index >= 15 is 0 Å². The van der Waals surface area contributed by atoms with E-state index < -0.39 is 0 Å². The zero-order valence-electron chi connectivity index (χ0n) is 9.76. The number of carbonyl (C=O) groups excluding carboxylic acids is 1. The highest BCUT2D eigenvalue weighted by molar-refractivity contribution is 7.10. The summed E-state index contributed by atoms with van der Waals surface area (Å²) in [6, 6.07) is 3.97. The Morgan fingerprint density at radius 1 is 1.56 bits per heavy atom. The first kappa shape index (κ1) is 13.0. The summed E-state index contributed by atoms with van der Waals surface area (Å²) >= 11 is 7.33. The molecule has 0 aliphatic heterocycles. The Bertz CT molecular complexity index is 530. The minimum absolute atomic E-state index is 0.00159. The molecule has 1 atom stereocenters. The van der Waals surface area contributed by atoms with Crippen LogP contribution in [0.3, 0.4) is 0 Å². The first-order valence-corrected chi connectivity index (χ1v) is 6.78. The molecule has 18 heavy (non-hydrogen) atoms. The van der Waals surface area contributed by atoms with E-state index in [0.717, 1.165) is 11.3 Å². The summed E-state index contributed by atoms with van der Waals surface area (Å²) in [5.41, 5.74) is 0.234. The van der Waals surface area contributed by atoms with Crippen molar-refractivity contribution in [1.29, 1.82) is 0 Å². The summed E-state index contributed by atoms with van der Waals surface area (Å²) in [5, 5.41) is 5.13. The summed E-state index contributed by atoms with van der Waals surface area (Å²) in [6.07, 6.45) is 3.62. The molecule has 0 radical (unpaired) electrons. The van der Waals surface area contributed by atoms with Gasteiger partial charge in [0, 0.05) is 4.88 Å². The maximum Gasteiger partial charge on any atom is 0.272 e. The first-order chi connectivity index (χ1) is 8.70. The number of rotatable bonds is 4. The average molecular weight is 282 g/mol. The van der Waals surface area contributed by atoms with Crippen LogP contribution in [-0.2, 0) is 0 Å². The van der Waals surface area contributed by atoms with Crippen LogP contribution in [0.15, 0.2) is 29.9 Å². The van der Waals surface area contributed by atoms with Crippen LogP contribution in [0.4, 0.5) is 0 Å². The number of aromatic nitrogens is 2. The zero-order valence-corrected chi connectivity index (χ0v) is 11.3. The largest absolute Gasteiger partial charge is 0.343 e. The van der Waals surface area contributed by atoms with Crippen LogP contribution in [0.25, 0.3) is 0 Å². The maximum atomic E-state index is 12.0. The number of hydrogen-bond donors (Lipinski definition) is 1. The monoisotopic (exact) mass is 281 g/mol. The normalized spacial score (nSPS) is 12.1. The molecule has 0 fully saturated rings. The predicted octanol–water partition coefficient (Wildman–Crippen LogP) is 3.07. The molecule has 4 nitrogen and oxygen atoms in total. The van der Waals surface area contributed by atoms with Crippen molar-refractivity contribution < 1.29 is 4.79 Å². The van der Waals surface area contributed by atoms with Crippen molar-refractivity contribution >= 4 is 28.8 Å². The zero-order chi connectivity index (χ0) is 13.0. The van der Waals surface area contributed by atoms with Crippen molar-refractivity contribution in [1.82, 2.24) is 15.3 Å². The minimum Gasteiger partial charge on any atom is -0.343 e. The Morgan fingerprint density at radius 3 is 3.00 bits per heavy atom. The lowest BCUT2D eigenvalue weighted by Crippen LogP contribution is -2.28. The smallest absolute Gasteiger partial charge is 0.272 e. The van der Waals surface area contributed by atoms with Crippen molar-refractivity contribution in [3.05, 3.63) is 45.6 Å². The molecule has 0 saturated heterocycles. The molecule has 2 heterocycles. The molecule has 0 aliphatic carbocycles. The lowest BCUT2D eigenvalue weighted by atomic mass is 10.2. The Labute approximate surface area is 114 Å². The number of thiophene rings is 1. The molecular formula is C12H12ClN3OS. The Kier molecular flexibility index (Phi) is 4.28. The lowest BCUT2D eigenvalue weighted by Gasteiger charge is -2.14. The van der Waals surface area contributed by atoms with Gasteiger partial charge in [0.05, 0.1) is 18.4 Å². The van der Waals surface area contributed by atoms with Crippen molar-refractivity contribution in [2.75, 3.05) is 0 Å². The fraction of sp³-hybridized carbons (Fsp3) is 0.250. The number of nitrogens with one attached hydrogen (secondary N) is 1. The van der Waals surface area contributed by atoms with E-state index in [4.69, 9.17) is 11.6 Å². The number of nitrogens with zero attached hydrogens (tertiary/aromatic N) is 2. The Morgan fingerprint density at radius 2 is 2.39 bits per heavy atom. The number of halogens is 1. The van der Waals surface area contributed by atoms with Crippen molar-refractivity contribution in [3.63, 3.8) is 0 Å². The SMILES string of the molecule is CCC(NC(=O)c1cncc(Cl)n1)c1cccs1. The third-order valence-corrected chi connectivity index (χ3v) is 3.61. The summed E-state index contributed by atoms with van der Waals surface area (Å²) in [5.74, 6) is -0.259. The number of amides is 1. The van der Waals surface area contributed by atoms with E-state index in [1.807, 2.05) is 24.4 Å². The van der Waals surface area contributed by atoms with Gasteiger partial charge in [-0.1, -0.05) is 24.6 Å². The van der Waals surface area contributed by atoms with E-state index in [9.17, 15) is 4.79 Å². The highest BCUT2D eigenvalue weighted by atomic mass is 35.5. The Hall–Kier alpha value is -1.46. The molecule has 0 bridgehead atoms. The minimum atomic E-state index is -0.259. The average Bonchev–Trinajstić information content (AvgIpc) is 2.89. The van der Waals surface area contributed by atoms with Crippen LogP contribution in [0.2, 0.25) is 5.15 Å². The van der Waals surface area contributed by atoms with Gasteiger partial charge in [-0.05, 0) is 17.9 Å². The topological polar surface area (TPSA) is 54.9 Å². The molecule has 2 aromatic heterocycles. The lowest BCUT2D eigenvalue weighted by molar-refractivity contribution is 0.0931. The fourth-order valence-electron chi connectivity index (χ4n) is 1.55. The van der Waals surface area contributed by atoms with Gasteiger partial charge >= 0.3 is 0 Å². The summed E-state index contributed by atoms with van der Waals surface area (Å²) in [7, 11) is 0. The van der Waals surface area contributed by atoms with E-state index in [1.54, 1.807) is 11.3 Å². The van der Waals surface area contributed by atoms with Gasteiger partial charge in [-0.3, -0.25) is 9.78 Å². The molecule has 2 aromatic rings. The van der Waals surface area contributed by atoms with Gasteiger partial charge < -0.3 is 5.32 Å². The molecule has 0 spiro atoms. The highest BCUT2D eigenvalue weighted by Crippen LogP contribution is 2.21. The summed E-state index contributed by atoms with van der Waals surface area (Å²) < 4.78 is 0. The van der Waals surface area contributed by atoms with Gasteiger partial charge in [0.15, 0.2) is 0 Å². The predicted molar refractivity (Wildman–Crippen MR) is 71.9 cm³/mol. The van der Waals surface area contributed by atoms with Crippen LogP contribution in [0, 0.1) is 0 Å². The molecule has 0 saturated carbocycles. The second-order valence-corrected chi connectivity index (χ2v) is 5.04. The van der Waals surface area contributed by atoms with Crippen LogP contribution >= 0.6 is 22.9 Å². The van der Waals surface area contributed by atoms with E-state index in [2.05, 4.69) is 15.3 Å². The molecule has 1 amide bonds. The van der Waals surface area contributed by atoms with Gasteiger partial charge in [-0.25, -0.2) is 4.98 Å². The molecule has 6 heteroatoms. The summed E-state index contributed by atoms with van der Waals surface area (Å²) in [4.78, 5) is 20.9. The number of hydrogen-bond acceptors (Lipinski definition) is 4. The Balaban J connectivity index is 2.11. The van der Waals surface area contributed by atoms with Crippen molar-refractivity contribution in [2.45, 2.75) is 19.4 Å².